The van der Waals surface area contributed by atoms with Crippen molar-refractivity contribution in [2.45, 2.75) is 30.9 Å². The molecule has 1 aromatic rings. The Kier molecular flexibility index (Phi) is 3.68. The molecule has 18 heavy (non-hydrogen) atoms. The molecule has 2 nitrogen and oxygen atoms in total. The molecule has 0 aromatic heterocycles. The molecule has 3 rings (SSSR count). The third-order valence-electron chi connectivity index (χ3n) is 4.33. The van der Waals surface area contributed by atoms with Crippen LogP contribution < -0.4 is 10.2 Å². The van der Waals surface area contributed by atoms with E-state index in [0.717, 1.165) is 30.9 Å². The molecule has 2 aliphatic rings. The number of fused-ring (bicyclic) bond motifs is 1. The molecule has 98 valence electrons. The molecular weight excluding hydrogens is 283 g/mol. The van der Waals surface area contributed by atoms with Gasteiger partial charge >= 0.3 is 119 Å². The van der Waals surface area contributed by atoms with Gasteiger partial charge in [0.1, 0.15) is 0 Å². The first kappa shape index (κ1) is 12.6. The first-order valence-electron chi connectivity index (χ1n) is 7.08. The summed E-state index contributed by atoms with van der Waals surface area (Å²) in [4.78, 5) is 2.58. The average molecular weight is 306 g/mol. The van der Waals surface area contributed by atoms with Crippen molar-refractivity contribution in [3.63, 3.8) is 0 Å². The zero-order chi connectivity index (χ0) is 12.5. The summed E-state index contributed by atoms with van der Waals surface area (Å²) in [6.07, 6.45) is 3.99. The third-order valence-corrected chi connectivity index (χ3v) is 5.52. The van der Waals surface area contributed by atoms with Crippen LogP contribution in [-0.2, 0) is 12.8 Å². The Labute approximate surface area is 119 Å². The van der Waals surface area contributed by atoms with Gasteiger partial charge in [0.2, 0.25) is 0 Å². The van der Waals surface area contributed by atoms with Crippen LogP contribution in [0.25, 0.3) is 0 Å². The van der Waals surface area contributed by atoms with Gasteiger partial charge in [-0.25, -0.2) is 0 Å². The first-order valence-corrected chi connectivity index (χ1v) is 8.48. The maximum atomic E-state index is 3.45. The number of hydrogen-bond donors (Lipinski definition) is 1. The van der Waals surface area contributed by atoms with E-state index in [2.05, 4.69) is 29.3 Å². The number of benzene rings is 1. The van der Waals surface area contributed by atoms with E-state index in [4.69, 9.17) is 0 Å². The first-order chi connectivity index (χ1) is 8.75. The summed E-state index contributed by atoms with van der Waals surface area (Å²) in [6, 6.07) is 4.70. The molecule has 0 radical (unpaired) electrons. The van der Waals surface area contributed by atoms with Crippen molar-refractivity contribution in [2.75, 3.05) is 31.1 Å². The Balaban J connectivity index is 1.98. The van der Waals surface area contributed by atoms with Crippen molar-refractivity contribution in [3.8, 4) is 0 Å². The summed E-state index contributed by atoms with van der Waals surface area (Å²) in [5.74, 6) is 0. The SMILES string of the molecule is Cc1ccc(N2CCNCC2)c2c1CCC([AsH2])C2. The predicted molar refractivity (Wildman–Crippen MR) is 80.6 cm³/mol. The van der Waals surface area contributed by atoms with Gasteiger partial charge in [0.15, 0.2) is 0 Å². The summed E-state index contributed by atoms with van der Waals surface area (Å²) in [5.41, 5.74) is 6.35. The molecule has 3 heteroatoms. The van der Waals surface area contributed by atoms with E-state index in [0.29, 0.717) is 0 Å². The van der Waals surface area contributed by atoms with Gasteiger partial charge in [-0.1, -0.05) is 0 Å². The molecule has 1 saturated heterocycles. The Morgan fingerprint density at radius 2 is 2.00 bits per heavy atom. The topological polar surface area (TPSA) is 15.3 Å². The van der Waals surface area contributed by atoms with Crippen LogP contribution in [0.5, 0.6) is 0 Å². The molecule has 1 fully saturated rings. The van der Waals surface area contributed by atoms with E-state index < -0.39 is 0 Å². The van der Waals surface area contributed by atoms with E-state index in [9.17, 15) is 0 Å². The van der Waals surface area contributed by atoms with Crippen LogP contribution in [0.3, 0.4) is 0 Å². The van der Waals surface area contributed by atoms with Gasteiger partial charge in [0.05, 0.1) is 0 Å². The Morgan fingerprint density at radius 1 is 1.22 bits per heavy atom. The second kappa shape index (κ2) is 5.27. The van der Waals surface area contributed by atoms with Crippen molar-refractivity contribution in [3.05, 3.63) is 28.8 Å². The van der Waals surface area contributed by atoms with Gasteiger partial charge in [-0.15, -0.1) is 0 Å². The zero-order valence-electron chi connectivity index (χ0n) is 11.2. The number of piperazine rings is 1. The van der Waals surface area contributed by atoms with Gasteiger partial charge < -0.3 is 0 Å². The molecule has 1 heterocycles. The quantitative estimate of drug-likeness (QED) is 0.787. The van der Waals surface area contributed by atoms with Gasteiger partial charge in [-0.3, -0.25) is 0 Å². The standard InChI is InChI=1S/C15H23AsN2/c1-11-2-5-15(18-8-6-17-7-9-18)14-10-12(16)3-4-13(11)14/h2,5,12,17H,3-4,6-10,16H2,1H3. The maximum absolute atomic E-state index is 3.45. The van der Waals surface area contributed by atoms with E-state index >= 15 is 0 Å². The normalized spacial score (nSPS) is 23.9. The molecule has 1 aromatic carbocycles. The molecule has 1 aliphatic carbocycles. The van der Waals surface area contributed by atoms with Crippen molar-refractivity contribution in [1.82, 2.24) is 5.32 Å². The van der Waals surface area contributed by atoms with Crippen molar-refractivity contribution in [1.29, 1.82) is 0 Å². The fourth-order valence-electron chi connectivity index (χ4n) is 3.27. The van der Waals surface area contributed by atoms with Crippen LogP contribution in [0.2, 0.25) is 4.71 Å². The fourth-order valence-corrected chi connectivity index (χ4v) is 4.11. The minimum absolute atomic E-state index is 0.911. The number of nitrogens with one attached hydrogen (secondary N) is 1. The van der Waals surface area contributed by atoms with E-state index in [-0.39, 0.29) is 0 Å². The summed E-state index contributed by atoms with van der Waals surface area (Å²) in [7, 11) is 0. The van der Waals surface area contributed by atoms with Crippen molar-refractivity contribution in [2.24, 2.45) is 0 Å². The molecule has 2 unspecified atom stereocenters. The monoisotopic (exact) mass is 306 g/mol. The molecule has 0 amide bonds. The third kappa shape index (κ3) is 2.33. The molecule has 0 saturated carbocycles. The summed E-state index contributed by atoms with van der Waals surface area (Å²) >= 11 is 1.92. The van der Waals surface area contributed by atoms with Crippen molar-refractivity contribution >= 4 is 22.5 Å². The Morgan fingerprint density at radius 3 is 2.78 bits per heavy atom. The van der Waals surface area contributed by atoms with Gasteiger partial charge in [-0.05, 0) is 0 Å². The summed E-state index contributed by atoms with van der Waals surface area (Å²) in [6.45, 7) is 6.86. The van der Waals surface area contributed by atoms with Crippen LogP contribution in [-0.4, -0.2) is 43.0 Å². The van der Waals surface area contributed by atoms with Crippen LogP contribution in [0.4, 0.5) is 5.69 Å². The van der Waals surface area contributed by atoms with Gasteiger partial charge in [0, 0.05) is 0 Å². The summed E-state index contributed by atoms with van der Waals surface area (Å²) in [5, 5.41) is 3.45. The molecule has 1 N–H and O–H groups in total. The van der Waals surface area contributed by atoms with Crippen LogP contribution in [0, 0.1) is 6.92 Å². The summed E-state index contributed by atoms with van der Waals surface area (Å²) < 4.78 is 0.911. The number of hydrogen-bond acceptors (Lipinski definition) is 2. The number of rotatable bonds is 1. The second-order valence-electron chi connectivity index (χ2n) is 5.60. The minimum atomic E-state index is 0.911. The second-order valence-corrected chi connectivity index (χ2v) is 7.58. The van der Waals surface area contributed by atoms with E-state index in [1.807, 2.05) is 16.9 Å². The predicted octanol–water partition coefficient (Wildman–Crippen LogP) is 1.31. The number of anilines is 1. The van der Waals surface area contributed by atoms with Crippen LogP contribution in [0.1, 0.15) is 23.1 Å². The molecular formula is C15H23AsN2. The van der Waals surface area contributed by atoms with Crippen LogP contribution in [0.15, 0.2) is 12.1 Å². The molecule has 1 aliphatic heterocycles. The Hall–Kier alpha value is -0.462. The van der Waals surface area contributed by atoms with Gasteiger partial charge in [0.25, 0.3) is 0 Å². The number of aryl methyl sites for hydroxylation is 1. The van der Waals surface area contributed by atoms with Crippen LogP contribution >= 0.6 is 0 Å². The van der Waals surface area contributed by atoms with Crippen molar-refractivity contribution < 1.29 is 0 Å². The number of nitrogens with zero attached hydrogens (tertiary/aromatic N) is 1. The average Bonchev–Trinajstić information content (AvgIpc) is 2.40. The van der Waals surface area contributed by atoms with E-state index in [1.165, 1.54) is 30.5 Å². The Bertz CT molecular complexity index is 438. The molecule has 2 atom stereocenters. The molecule has 0 spiro atoms. The fraction of sp³-hybridized carbons (Fsp3) is 0.600. The van der Waals surface area contributed by atoms with Gasteiger partial charge in [-0.2, -0.15) is 0 Å². The zero-order valence-corrected chi connectivity index (χ0v) is 13.6. The van der Waals surface area contributed by atoms with E-state index in [1.54, 1.807) is 11.1 Å². The molecule has 0 bridgehead atoms.